The first kappa shape index (κ1) is 12.6. The van der Waals surface area contributed by atoms with Crippen LogP contribution in [0.5, 0.6) is 5.75 Å². The van der Waals surface area contributed by atoms with E-state index in [-0.39, 0.29) is 11.7 Å². The number of aromatic nitrogens is 1. The molecule has 0 aliphatic rings. The third kappa shape index (κ3) is 2.68. The van der Waals surface area contributed by atoms with E-state index in [9.17, 15) is 9.90 Å². The smallest absolute Gasteiger partial charge is 0.251 e. The van der Waals surface area contributed by atoms with Gasteiger partial charge in [0.25, 0.3) is 5.91 Å². The number of aromatic hydroxyl groups is 1. The van der Waals surface area contributed by atoms with Gasteiger partial charge in [-0.1, -0.05) is 0 Å². The second-order valence-electron chi connectivity index (χ2n) is 4.04. The van der Waals surface area contributed by atoms with E-state index in [0.29, 0.717) is 12.1 Å². The Morgan fingerprint density at radius 1 is 1.44 bits per heavy atom. The second kappa shape index (κ2) is 5.18. The molecule has 0 spiro atoms. The molecule has 0 atom stereocenters. The number of amides is 1. The van der Waals surface area contributed by atoms with E-state index in [1.165, 1.54) is 17.4 Å². The normalized spacial score (nSPS) is 10.3. The number of carbonyl (C=O) groups is 1. The molecule has 0 aliphatic heterocycles. The van der Waals surface area contributed by atoms with Gasteiger partial charge in [0.1, 0.15) is 5.75 Å². The first-order chi connectivity index (χ1) is 8.58. The molecule has 5 heteroatoms. The van der Waals surface area contributed by atoms with Crippen molar-refractivity contribution in [3.05, 3.63) is 45.4 Å². The molecule has 0 unspecified atom stereocenters. The number of rotatable bonds is 3. The van der Waals surface area contributed by atoms with Crippen LogP contribution in [0.3, 0.4) is 0 Å². The number of nitrogens with zero attached hydrogens (tertiary/aromatic N) is 1. The number of phenols is 1. The molecule has 0 aliphatic carbocycles. The number of hydrogen-bond acceptors (Lipinski definition) is 4. The van der Waals surface area contributed by atoms with Crippen LogP contribution in [0.25, 0.3) is 0 Å². The van der Waals surface area contributed by atoms with Gasteiger partial charge in [0, 0.05) is 10.4 Å². The standard InChI is InChI=1S/C13H14N2O2S/c1-8-5-10(16)3-4-11(8)13(17)14-6-12-9(2)15-7-18-12/h3-5,7,16H,6H2,1-2H3,(H,14,17). The number of phenolic OH excluding ortho intramolecular Hbond substituents is 1. The van der Waals surface area contributed by atoms with Crippen molar-refractivity contribution in [1.29, 1.82) is 0 Å². The predicted molar refractivity (Wildman–Crippen MR) is 70.9 cm³/mol. The van der Waals surface area contributed by atoms with E-state index < -0.39 is 0 Å². The Bertz CT molecular complexity index is 578. The van der Waals surface area contributed by atoms with Crippen molar-refractivity contribution in [2.45, 2.75) is 20.4 Å². The summed E-state index contributed by atoms with van der Waals surface area (Å²) in [5, 5.41) is 12.1. The molecule has 0 bridgehead atoms. The minimum atomic E-state index is -0.139. The van der Waals surface area contributed by atoms with Crippen molar-refractivity contribution in [3.63, 3.8) is 0 Å². The fraction of sp³-hybridized carbons (Fsp3) is 0.231. The Hall–Kier alpha value is -1.88. The Morgan fingerprint density at radius 2 is 2.22 bits per heavy atom. The first-order valence-corrected chi connectivity index (χ1v) is 6.42. The van der Waals surface area contributed by atoms with E-state index in [1.54, 1.807) is 24.6 Å². The summed E-state index contributed by atoms with van der Waals surface area (Å²) in [6.45, 7) is 4.20. The van der Waals surface area contributed by atoms with Gasteiger partial charge in [-0.05, 0) is 37.6 Å². The van der Waals surface area contributed by atoms with Crippen LogP contribution < -0.4 is 5.32 Å². The zero-order valence-electron chi connectivity index (χ0n) is 10.2. The zero-order valence-corrected chi connectivity index (χ0v) is 11.0. The molecule has 18 heavy (non-hydrogen) atoms. The monoisotopic (exact) mass is 262 g/mol. The lowest BCUT2D eigenvalue weighted by Crippen LogP contribution is -2.23. The lowest BCUT2D eigenvalue weighted by molar-refractivity contribution is 0.0950. The van der Waals surface area contributed by atoms with E-state index >= 15 is 0 Å². The largest absolute Gasteiger partial charge is 0.508 e. The van der Waals surface area contributed by atoms with Gasteiger partial charge in [-0.15, -0.1) is 11.3 Å². The molecule has 94 valence electrons. The number of benzene rings is 1. The van der Waals surface area contributed by atoms with E-state index in [4.69, 9.17) is 0 Å². The molecule has 2 rings (SSSR count). The van der Waals surface area contributed by atoms with Crippen LogP contribution in [0.2, 0.25) is 0 Å². The van der Waals surface area contributed by atoms with Gasteiger partial charge >= 0.3 is 0 Å². The highest BCUT2D eigenvalue weighted by Gasteiger charge is 2.10. The summed E-state index contributed by atoms with van der Waals surface area (Å²) in [7, 11) is 0. The SMILES string of the molecule is Cc1cc(O)ccc1C(=O)NCc1scnc1C. The minimum Gasteiger partial charge on any atom is -0.508 e. The molecular weight excluding hydrogens is 248 g/mol. The number of carbonyl (C=O) groups excluding carboxylic acids is 1. The number of hydrogen-bond donors (Lipinski definition) is 2. The lowest BCUT2D eigenvalue weighted by atomic mass is 10.1. The van der Waals surface area contributed by atoms with Crippen LogP contribution in [-0.2, 0) is 6.54 Å². The molecule has 1 aromatic heterocycles. The van der Waals surface area contributed by atoms with Gasteiger partial charge in [0.05, 0.1) is 17.7 Å². The Kier molecular flexibility index (Phi) is 3.62. The topological polar surface area (TPSA) is 62.2 Å². The van der Waals surface area contributed by atoms with Crippen LogP contribution in [0.1, 0.15) is 26.5 Å². The molecule has 1 amide bonds. The van der Waals surface area contributed by atoms with Crippen LogP contribution in [0.4, 0.5) is 0 Å². The van der Waals surface area contributed by atoms with Crippen molar-refractivity contribution < 1.29 is 9.90 Å². The van der Waals surface area contributed by atoms with Gasteiger partial charge in [-0.2, -0.15) is 0 Å². The van der Waals surface area contributed by atoms with Gasteiger partial charge < -0.3 is 10.4 Å². The summed E-state index contributed by atoms with van der Waals surface area (Å²) in [4.78, 5) is 17.2. The molecule has 1 aromatic carbocycles. The van der Waals surface area contributed by atoms with E-state index in [2.05, 4.69) is 10.3 Å². The second-order valence-corrected chi connectivity index (χ2v) is 4.98. The zero-order chi connectivity index (χ0) is 13.1. The summed E-state index contributed by atoms with van der Waals surface area (Å²) >= 11 is 1.53. The molecule has 0 saturated heterocycles. The Morgan fingerprint density at radius 3 is 2.83 bits per heavy atom. The van der Waals surface area contributed by atoms with Gasteiger partial charge in [0.15, 0.2) is 0 Å². The van der Waals surface area contributed by atoms with E-state index in [1.807, 2.05) is 6.92 Å². The van der Waals surface area contributed by atoms with Crippen molar-refractivity contribution in [2.24, 2.45) is 0 Å². The van der Waals surface area contributed by atoms with Gasteiger partial charge in [-0.3, -0.25) is 4.79 Å². The molecule has 0 fully saturated rings. The molecular formula is C13H14N2O2S. The van der Waals surface area contributed by atoms with E-state index in [0.717, 1.165) is 16.1 Å². The predicted octanol–water partition coefficient (Wildman–Crippen LogP) is 2.40. The highest BCUT2D eigenvalue weighted by molar-refractivity contribution is 7.09. The molecule has 0 saturated carbocycles. The maximum atomic E-state index is 12.0. The van der Waals surface area contributed by atoms with Crippen LogP contribution >= 0.6 is 11.3 Å². The fourth-order valence-electron chi connectivity index (χ4n) is 1.65. The van der Waals surface area contributed by atoms with Crippen molar-refractivity contribution >= 4 is 17.2 Å². The van der Waals surface area contributed by atoms with Crippen LogP contribution in [0.15, 0.2) is 23.7 Å². The Labute approximate surface area is 109 Å². The summed E-state index contributed by atoms with van der Waals surface area (Å²) in [5.74, 6) is 0.0302. The third-order valence-corrected chi connectivity index (χ3v) is 3.64. The fourth-order valence-corrected chi connectivity index (χ4v) is 2.37. The van der Waals surface area contributed by atoms with Gasteiger partial charge in [-0.25, -0.2) is 4.98 Å². The van der Waals surface area contributed by atoms with Crippen LogP contribution in [0, 0.1) is 13.8 Å². The molecule has 2 N–H and O–H groups in total. The third-order valence-electron chi connectivity index (χ3n) is 2.71. The Balaban J connectivity index is 2.06. The first-order valence-electron chi connectivity index (χ1n) is 5.54. The average Bonchev–Trinajstić information content (AvgIpc) is 2.72. The van der Waals surface area contributed by atoms with Crippen LogP contribution in [-0.4, -0.2) is 16.0 Å². The van der Waals surface area contributed by atoms with Crippen molar-refractivity contribution in [3.8, 4) is 5.75 Å². The highest BCUT2D eigenvalue weighted by atomic mass is 32.1. The molecule has 0 radical (unpaired) electrons. The minimum absolute atomic E-state index is 0.139. The molecule has 4 nitrogen and oxygen atoms in total. The molecule has 2 aromatic rings. The molecule has 1 heterocycles. The number of aryl methyl sites for hydroxylation is 2. The summed E-state index contributed by atoms with van der Waals surface area (Å²) in [6.07, 6.45) is 0. The number of thiazole rings is 1. The summed E-state index contributed by atoms with van der Waals surface area (Å²) in [5.41, 5.74) is 4.05. The maximum absolute atomic E-state index is 12.0. The highest BCUT2D eigenvalue weighted by Crippen LogP contribution is 2.16. The van der Waals surface area contributed by atoms with Gasteiger partial charge in [0.2, 0.25) is 0 Å². The lowest BCUT2D eigenvalue weighted by Gasteiger charge is -2.07. The average molecular weight is 262 g/mol. The quantitative estimate of drug-likeness (QED) is 0.892. The number of nitrogens with one attached hydrogen (secondary N) is 1. The summed E-state index contributed by atoms with van der Waals surface area (Å²) < 4.78 is 0. The maximum Gasteiger partial charge on any atom is 0.251 e. The summed E-state index contributed by atoms with van der Waals surface area (Å²) in [6, 6.07) is 4.71. The van der Waals surface area contributed by atoms with Crippen molar-refractivity contribution in [2.75, 3.05) is 0 Å². The van der Waals surface area contributed by atoms with Crippen molar-refractivity contribution in [1.82, 2.24) is 10.3 Å².